The van der Waals surface area contributed by atoms with Crippen LogP contribution in [0.15, 0.2) is 29.7 Å². The number of hydrogen-bond donors (Lipinski definition) is 2. The van der Waals surface area contributed by atoms with E-state index >= 15 is 0 Å². The van der Waals surface area contributed by atoms with Crippen LogP contribution in [0.3, 0.4) is 0 Å². The Bertz CT molecular complexity index is 539. The Hall–Kier alpha value is -0.745. The van der Waals surface area contributed by atoms with Crippen molar-refractivity contribution in [1.29, 1.82) is 0 Å². The van der Waals surface area contributed by atoms with Crippen LogP contribution in [0.1, 0.15) is 38.8 Å². The largest absolute Gasteiger partial charge is 0.491 e. The van der Waals surface area contributed by atoms with Gasteiger partial charge in [-0.25, -0.2) is 0 Å². The van der Waals surface area contributed by atoms with E-state index in [2.05, 4.69) is 24.8 Å². The number of benzene rings is 1. The maximum atomic E-state index is 9.06. The number of thiol groups is 1. The standard InChI is InChI=1S/C17H25BO3S/c1-16(2)17(3,4)21-18(20-16)15(12-22)11-14-7-5-6-13(10-14)8-9-19/h5-7,10-11,19,22H,8-9,12H2,1-4H3. The Morgan fingerprint density at radius 1 is 1.23 bits per heavy atom. The van der Waals surface area contributed by atoms with Crippen molar-refractivity contribution in [3.63, 3.8) is 0 Å². The zero-order valence-electron chi connectivity index (χ0n) is 13.8. The summed E-state index contributed by atoms with van der Waals surface area (Å²) in [5, 5.41) is 9.06. The molecule has 1 N–H and O–H groups in total. The zero-order valence-corrected chi connectivity index (χ0v) is 14.7. The maximum absolute atomic E-state index is 9.06. The van der Waals surface area contributed by atoms with Crippen LogP contribution < -0.4 is 0 Å². The molecule has 1 aliphatic rings. The van der Waals surface area contributed by atoms with Crippen molar-refractivity contribution in [3.8, 4) is 0 Å². The summed E-state index contributed by atoms with van der Waals surface area (Å²) < 4.78 is 12.2. The number of aliphatic hydroxyl groups is 1. The predicted molar refractivity (Wildman–Crippen MR) is 95.1 cm³/mol. The molecule has 0 aromatic heterocycles. The lowest BCUT2D eigenvalue weighted by molar-refractivity contribution is 0.00578. The van der Waals surface area contributed by atoms with Gasteiger partial charge in [0.25, 0.3) is 0 Å². The summed E-state index contributed by atoms with van der Waals surface area (Å²) in [5.41, 5.74) is 2.49. The molecule has 120 valence electrons. The fourth-order valence-electron chi connectivity index (χ4n) is 2.36. The molecule has 0 aliphatic carbocycles. The Morgan fingerprint density at radius 2 is 1.86 bits per heavy atom. The summed E-state index contributed by atoms with van der Waals surface area (Å²) in [4.78, 5) is 0. The minimum Gasteiger partial charge on any atom is -0.400 e. The Balaban J connectivity index is 2.23. The van der Waals surface area contributed by atoms with E-state index in [4.69, 9.17) is 14.4 Å². The van der Waals surface area contributed by atoms with E-state index in [-0.39, 0.29) is 24.9 Å². The van der Waals surface area contributed by atoms with Gasteiger partial charge in [-0.1, -0.05) is 30.3 Å². The van der Waals surface area contributed by atoms with Crippen molar-refractivity contribution in [3.05, 3.63) is 40.9 Å². The van der Waals surface area contributed by atoms with Gasteiger partial charge in [0.05, 0.1) is 11.2 Å². The monoisotopic (exact) mass is 320 g/mol. The van der Waals surface area contributed by atoms with Crippen molar-refractivity contribution in [2.75, 3.05) is 12.4 Å². The van der Waals surface area contributed by atoms with Gasteiger partial charge in [0.2, 0.25) is 0 Å². The van der Waals surface area contributed by atoms with Gasteiger partial charge in [-0.15, -0.1) is 0 Å². The van der Waals surface area contributed by atoms with Gasteiger partial charge in [0.1, 0.15) is 0 Å². The van der Waals surface area contributed by atoms with Crippen molar-refractivity contribution in [2.45, 2.75) is 45.3 Å². The topological polar surface area (TPSA) is 38.7 Å². The fourth-order valence-corrected chi connectivity index (χ4v) is 2.60. The lowest BCUT2D eigenvalue weighted by Crippen LogP contribution is -2.41. The molecule has 3 nitrogen and oxygen atoms in total. The summed E-state index contributed by atoms with van der Waals surface area (Å²) in [6, 6.07) is 8.13. The molecular weight excluding hydrogens is 295 g/mol. The summed E-state index contributed by atoms with van der Waals surface area (Å²) in [6.07, 6.45) is 2.73. The first-order valence-electron chi connectivity index (χ1n) is 7.66. The highest BCUT2D eigenvalue weighted by Crippen LogP contribution is 2.39. The first kappa shape index (κ1) is 17.6. The van der Waals surface area contributed by atoms with Gasteiger partial charge in [0.15, 0.2) is 0 Å². The SMILES string of the molecule is CC1(C)OB(C(=Cc2cccc(CCO)c2)CS)OC1(C)C. The van der Waals surface area contributed by atoms with E-state index in [1.54, 1.807) is 0 Å². The van der Waals surface area contributed by atoms with Gasteiger partial charge in [0, 0.05) is 12.4 Å². The van der Waals surface area contributed by atoms with Crippen molar-refractivity contribution in [1.82, 2.24) is 0 Å². The van der Waals surface area contributed by atoms with Crippen LogP contribution in [0.4, 0.5) is 0 Å². The van der Waals surface area contributed by atoms with Crippen LogP contribution in [0.5, 0.6) is 0 Å². The van der Waals surface area contributed by atoms with Gasteiger partial charge >= 0.3 is 7.12 Å². The molecule has 1 fully saturated rings. The first-order valence-corrected chi connectivity index (χ1v) is 8.29. The number of aliphatic hydroxyl groups excluding tert-OH is 1. The Labute approximate surface area is 139 Å². The van der Waals surface area contributed by atoms with Gasteiger partial charge < -0.3 is 14.4 Å². The lowest BCUT2D eigenvalue weighted by Gasteiger charge is -2.32. The molecule has 5 heteroatoms. The maximum Gasteiger partial charge on any atom is 0.491 e. The van der Waals surface area contributed by atoms with Crippen molar-refractivity contribution < 1.29 is 14.4 Å². The molecule has 2 rings (SSSR count). The molecule has 1 aromatic rings. The minimum atomic E-state index is -0.371. The molecular formula is C17H25BO3S. The van der Waals surface area contributed by atoms with E-state index in [1.165, 1.54) is 0 Å². The van der Waals surface area contributed by atoms with E-state index in [0.29, 0.717) is 12.2 Å². The Kier molecular flexibility index (Phi) is 5.43. The predicted octanol–water partition coefficient (Wildman–Crippen LogP) is 3.17. The zero-order chi connectivity index (χ0) is 16.4. The molecule has 0 bridgehead atoms. The molecule has 1 saturated heterocycles. The summed E-state index contributed by atoms with van der Waals surface area (Å²) in [5.74, 6) is 0.570. The van der Waals surface area contributed by atoms with Gasteiger partial charge in [-0.2, -0.15) is 12.6 Å². The van der Waals surface area contributed by atoms with E-state index in [0.717, 1.165) is 16.6 Å². The van der Waals surface area contributed by atoms with Crippen LogP contribution in [0.25, 0.3) is 6.08 Å². The second-order valence-corrected chi connectivity index (χ2v) is 7.00. The molecule has 0 atom stereocenters. The van der Waals surface area contributed by atoms with Crippen LogP contribution >= 0.6 is 12.6 Å². The molecule has 22 heavy (non-hydrogen) atoms. The highest BCUT2D eigenvalue weighted by molar-refractivity contribution is 7.80. The molecule has 0 amide bonds. The third kappa shape index (κ3) is 3.77. The molecule has 1 heterocycles. The second kappa shape index (κ2) is 6.79. The summed E-state index contributed by atoms with van der Waals surface area (Å²) in [7, 11) is -0.371. The lowest BCUT2D eigenvalue weighted by atomic mass is 9.78. The highest BCUT2D eigenvalue weighted by Gasteiger charge is 2.52. The average Bonchev–Trinajstić information content (AvgIpc) is 2.65. The molecule has 0 saturated carbocycles. The molecule has 0 radical (unpaired) electrons. The Morgan fingerprint density at radius 3 is 2.41 bits per heavy atom. The second-order valence-electron chi connectivity index (χ2n) is 6.68. The average molecular weight is 320 g/mol. The van der Waals surface area contributed by atoms with Gasteiger partial charge in [-0.3, -0.25) is 0 Å². The highest BCUT2D eigenvalue weighted by atomic mass is 32.1. The third-order valence-electron chi connectivity index (χ3n) is 4.44. The fraction of sp³-hybridized carbons (Fsp3) is 0.529. The third-order valence-corrected chi connectivity index (χ3v) is 4.81. The van der Waals surface area contributed by atoms with Crippen LogP contribution in [0, 0.1) is 0 Å². The molecule has 1 aliphatic heterocycles. The number of rotatable bonds is 5. The summed E-state index contributed by atoms with van der Waals surface area (Å²) in [6.45, 7) is 8.34. The van der Waals surface area contributed by atoms with Crippen molar-refractivity contribution >= 4 is 25.8 Å². The molecule has 0 spiro atoms. The van der Waals surface area contributed by atoms with E-state index in [1.807, 2.05) is 45.9 Å². The smallest absolute Gasteiger partial charge is 0.400 e. The van der Waals surface area contributed by atoms with E-state index in [9.17, 15) is 0 Å². The van der Waals surface area contributed by atoms with Crippen LogP contribution in [-0.4, -0.2) is 35.8 Å². The number of hydrogen-bond acceptors (Lipinski definition) is 4. The first-order chi connectivity index (χ1) is 10.3. The van der Waals surface area contributed by atoms with Crippen molar-refractivity contribution in [2.24, 2.45) is 0 Å². The quantitative estimate of drug-likeness (QED) is 0.646. The van der Waals surface area contributed by atoms with Gasteiger partial charge in [-0.05, 0) is 50.7 Å². The normalized spacial score (nSPS) is 20.5. The van der Waals surface area contributed by atoms with Crippen LogP contribution in [0.2, 0.25) is 0 Å². The van der Waals surface area contributed by atoms with Crippen LogP contribution in [-0.2, 0) is 15.7 Å². The molecule has 0 unspecified atom stereocenters. The summed E-state index contributed by atoms with van der Waals surface area (Å²) >= 11 is 4.43. The molecule has 1 aromatic carbocycles. The van der Waals surface area contributed by atoms with E-state index < -0.39 is 0 Å². The minimum absolute atomic E-state index is 0.157.